The molecule has 0 saturated carbocycles. The first-order chi connectivity index (χ1) is 9.29. The maximum absolute atomic E-state index is 5.78. The van der Waals surface area contributed by atoms with Crippen LogP contribution in [0.1, 0.15) is 18.9 Å². The summed E-state index contributed by atoms with van der Waals surface area (Å²) in [5, 5.41) is 3.24. The smallest absolute Gasteiger partial charge is 0.129 e. The van der Waals surface area contributed by atoms with Crippen LogP contribution in [0.25, 0.3) is 0 Å². The van der Waals surface area contributed by atoms with Crippen molar-refractivity contribution in [3.8, 4) is 5.75 Å². The first-order valence-electron chi connectivity index (χ1n) is 6.35. The van der Waals surface area contributed by atoms with E-state index >= 15 is 0 Å². The van der Waals surface area contributed by atoms with Gasteiger partial charge in [0.05, 0.1) is 0 Å². The first kappa shape index (κ1) is 13.9. The lowest BCUT2D eigenvalue weighted by atomic mass is 10.2. The van der Waals surface area contributed by atoms with Gasteiger partial charge >= 0.3 is 0 Å². The number of aromatic nitrogens is 1. The minimum absolute atomic E-state index is 0.540. The normalized spacial score (nSPS) is 10.2. The van der Waals surface area contributed by atoms with Crippen LogP contribution in [0.3, 0.4) is 0 Å². The number of halogens is 1. The number of hydrogen-bond donors (Lipinski definition) is 1. The van der Waals surface area contributed by atoms with Gasteiger partial charge in [0, 0.05) is 28.8 Å². The molecule has 1 heterocycles. The van der Waals surface area contributed by atoms with E-state index in [9.17, 15) is 0 Å². The monoisotopic (exact) mass is 320 g/mol. The third-order valence-electron chi connectivity index (χ3n) is 2.64. The lowest BCUT2D eigenvalue weighted by molar-refractivity contribution is 0.305. The molecule has 0 bridgehead atoms. The van der Waals surface area contributed by atoms with Gasteiger partial charge in [-0.3, -0.25) is 0 Å². The predicted octanol–water partition coefficient (Wildman–Crippen LogP) is 4.25. The number of pyridine rings is 1. The van der Waals surface area contributed by atoms with Crippen LogP contribution in [0.4, 0.5) is 5.82 Å². The highest BCUT2D eigenvalue weighted by atomic mass is 79.9. The van der Waals surface area contributed by atoms with Crippen LogP contribution in [-0.2, 0) is 6.61 Å². The van der Waals surface area contributed by atoms with Gasteiger partial charge in [-0.15, -0.1) is 0 Å². The Morgan fingerprint density at radius 1 is 1.26 bits per heavy atom. The van der Waals surface area contributed by atoms with Gasteiger partial charge in [0.2, 0.25) is 0 Å². The molecule has 2 aromatic rings. The van der Waals surface area contributed by atoms with Crippen LogP contribution >= 0.6 is 15.9 Å². The van der Waals surface area contributed by atoms with Gasteiger partial charge < -0.3 is 10.1 Å². The summed E-state index contributed by atoms with van der Waals surface area (Å²) in [6, 6.07) is 11.8. The summed E-state index contributed by atoms with van der Waals surface area (Å²) in [6.07, 6.45) is 2.83. The van der Waals surface area contributed by atoms with Crippen molar-refractivity contribution in [2.45, 2.75) is 20.0 Å². The minimum atomic E-state index is 0.540. The number of nitrogens with one attached hydrogen (secondary N) is 1. The van der Waals surface area contributed by atoms with Gasteiger partial charge in [0.1, 0.15) is 18.2 Å². The minimum Gasteiger partial charge on any atom is -0.489 e. The maximum atomic E-state index is 5.78. The second-order valence-electron chi connectivity index (χ2n) is 4.18. The van der Waals surface area contributed by atoms with Gasteiger partial charge in [0.15, 0.2) is 0 Å². The number of benzene rings is 1. The van der Waals surface area contributed by atoms with Crippen LogP contribution in [0.5, 0.6) is 5.75 Å². The van der Waals surface area contributed by atoms with E-state index in [4.69, 9.17) is 4.74 Å². The molecule has 4 heteroatoms. The van der Waals surface area contributed by atoms with E-state index in [2.05, 4.69) is 33.2 Å². The van der Waals surface area contributed by atoms with Gasteiger partial charge in [-0.25, -0.2) is 4.98 Å². The summed E-state index contributed by atoms with van der Waals surface area (Å²) in [7, 11) is 0. The molecule has 0 radical (unpaired) electrons. The Hall–Kier alpha value is -1.55. The van der Waals surface area contributed by atoms with E-state index in [0.29, 0.717) is 6.61 Å². The van der Waals surface area contributed by atoms with Crippen LogP contribution in [0, 0.1) is 0 Å². The Kier molecular flexibility index (Phi) is 5.21. The molecule has 0 aliphatic heterocycles. The molecule has 0 unspecified atom stereocenters. The lowest BCUT2D eigenvalue weighted by Crippen LogP contribution is -2.02. The molecule has 0 fully saturated rings. The standard InChI is InChI=1S/C15H17BrN2O/c1-2-8-17-15-10-13(7-9-18-15)19-11-12-5-3-4-6-14(12)16/h3-7,9-10H,2,8,11H2,1H3,(H,17,18). The summed E-state index contributed by atoms with van der Waals surface area (Å²) in [5.41, 5.74) is 1.13. The van der Waals surface area contributed by atoms with Crippen molar-refractivity contribution in [3.05, 3.63) is 52.6 Å². The third kappa shape index (κ3) is 4.24. The van der Waals surface area contributed by atoms with Crippen molar-refractivity contribution in [1.82, 2.24) is 4.98 Å². The van der Waals surface area contributed by atoms with Crippen molar-refractivity contribution >= 4 is 21.7 Å². The van der Waals surface area contributed by atoms with Gasteiger partial charge in [0.25, 0.3) is 0 Å². The van der Waals surface area contributed by atoms with Crippen LogP contribution < -0.4 is 10.1 Å². The topological polar surface area (TPSA) is 34.1 Å². The summed E-state index contributed by atoms with van der Waals surface area (Å²) < 4.78 is 6.85. The molecule has 0 aliphatic carbocycles. The molecule has 0 atom stereocenters. The van der Waals surface area contributed by atoms with Crippen LogP contribution in [-0.4, -0.2) is 11.5 Å². The molecule has 1 aromatic heterocycles. The van der Waals surface area contributed by atoms with E-state index in [1.165, 1.54) is 0 Å². The second kappa shape index (κ2) is 7.14. The highest BCUT2D eigenvalue weighted by Gasteiger charge is 2.01. The van der Waals surface area contributed by atoms with Crippen molar-refractivity contribution in [1.29, 1.82) is 0 Å². The van der Waals surface area contributed by atoms with E-state index in [-0.39, 0.29) is 0 Å². The zero-order valence-corrected chi connectivity index (χ0v) is 12.5. The van der Waals surface area contributed by atoms with Gasteiger partial charge in [-0.2, -0.15) is 0 Å². The number of ether oxygens (including phenoxy) is 1. The molecule has 0 saturated heterocycles. The molecule has 1 aromatic carbocycles. The molecular formula is C15H17BrN2O. The molecule has 1 N–H and O–H groups in total. The Bertz CT molecular complexity index is 531. The summed E-state index contributed by atoms with van der Waals surface area (Å²) >= 11 is 3.51. The van der Waals surface area contributed by atoms with E-state index in [1.807, 2.05) is 36.4 Å². The fraction of sp³-hybridized carbons (Fsp3) is 0.267. The zero-order chi connectivity index (χ0) is 13.5. The highest BCUT2D eigenvalue weighted by Crippen LogP contribution is 2.20. The number of anilines is 1. The Balaban J connectivity index is 1.98. The largest absolute Gasteiger partial charge is 0.489 e. The Morgan fingerprint density at radius 3 is 2.89 bits per heavy atom. The average molecular weight is 321 g/mol. The highest BCUT2D eigenvalue weighted by molar-refractivity contribution is 9.10. The zero-order valence-electron chi connectivity index (χ0n) is 10.9. The molecule has 2 rings (SSSR count). The molecular weight excluding hydrogens is 304 g/mol. The fourth-order valence-corrected chi connectivity index (χ4v) is 2.03. The summed E-state index contributed by atoms with van der Waals surface area (Å²) in [5.74, 6) is 1.68. The summed E-state index contributed by atoms with van der Waals surface area (Å²) in [6.45, 7) is 3.58. The average Bonchev–Trinajstić information content (AvgIpc) is 2.45. The van der Waals surface area contributed by atoms with Gasteiger partial charge in [-0.1, -0.05) is 41.1 Å². The Labute approximate surface area is 122 Å². The molecule has 100 valence electrons. The molecule has 19 heavy (non-hydrogen) atoms. The lowest BCUT2D eigenvalue weighted by Gasteiger charge is -2.09. The summed E-state index contributed by atoms with van der Waals surface area (Å²) in [4.78, 5) is 4.25. The number of nitrogens with zero attached hydrogens (tertiary/aromatic N) is 1. The van der Waals surface area contributed by atoms with Crippen LogP contribution in [0.15, 0.2) is 47.1 Å². The number of rotatable bonds is 6. The number of hydrogen-bond acceptors (Lipinski definition) is 3. The quantitative estimate of drug-likeness (QED) is 0.864. The van der Waals surface area contributed by atoms with Crippen molar-refractivity contribution in [2.24, 2.45) is 0 Å². The van der Waals surface area contributed by atoms with Gasteiger partial charge in [-0.05, 0) is 18.6 Å². The van der Waals surface area contributed by atoms with E-state index < -0.39 is 0 Å². The molecule has 0 spiro atoms. The molecule has 3 nitrogen and oxygen atoms in total. The first-order valence-corrected chi connectivity index (χ1v) is 7.15. The predicted molar refractivity (Wildman–Crippen MR) is 81.5 cm³/mol. The van der Waals surface area contributed by atoms with E-state index in [0.717, 1.165) is 34.6 Å². The fourth-order valence-electron chi connectivity index (χ4n) is 1.63. The molecule has 0 aliphatic rings. The van der Waals surface area contributed by atoms with Crippen molar-refractivity contribution in [3.63, 3.8) is 0 Å². The van der Waals surface area contributed by atoms with E-state index in [1.54, 1.807) is 6.20 Å². The van der Waals surface area contributed by atoms with Crippen molar-refractivity contribution in [2.75, 3.05) is 11.9 Å². The Morgan fingerprint density at radius 2 is 2.11 bits per heavy atom. The maximum Gasteiger partial charge on any atom is 0.129 e. The molecule has 0 amide bonds. The third-order valence-corrected chi connectivity index (χ3v) is 3.41. The van der Waals surface area contributed by atoms with Crippen molar-refractivity contribution < 1.29 is 4.74 Å². The second-order valence-corrected chi connectivity index (χ2v) is 5.04. The SMILES string of the molecule is CCCNc1cc(OCc2ccccc2Br)ccn1. The van der Waals surface area contributed by atoms with Crippen LogP contribution in [0.2, 0.25) is 0 Å².